The normalized spacial score (nSPS) is 10.0. The molecule has 0 radical (unpaired) electrons. The van der Waals surface area contributed by atoms with Crippen molar-refractivity contribution in [2.24, 2.45) is 0 Å². The van der Waals surface area contributed by atoms with Crippen LogP contribution in [0.4, 0.5) is 4.39 Å². The van der Waals surface area contributed by atoms with E-state index >= 15 is 0 Å². The molecule has 0 bridgehead atoms. The van der Waals surface area contributed by atoms with Crippen LogP contribution in [0.5, 0.6) is 0 Å². The molecule has 0 aliphatic carbocycles. The van der Waals surface area contributed by atoms with Gasteiger partial charge >= 0.3 is 5.69 Å². The Labute approximate surface area is 79.3 Å². The number of halogens is 2. The molecule has 1 aromatic rings. The molecular weight excluding hydrogens is 247 g/mol. The van der Waals surface area contributed by atoms with Crippen LogP contribution in [-0.4, -0.2) is 14.2 Å². The average Bonchev–Trinajstić information content (AvgIpc) is 2.05. The number of aromatic nitrogens is 2. The molecular formula is C6H4BrFN2O3. The molecule has 0 spiro atoms. The Kier molecular flexibility index (Phi) is 2.76. The molecule has 70 valence electrons. The summed E-state index contributed by atoms with van der Waals surface area (Å²) in [6.07, 6.45) is 0.653. The molecule has 0 fully saturated rings. The molecule has 1 aromatic heterocycles. The maximum Gasteiger partial charge on any atom is 0.328 e. The third-order valence-corrected chi connectivity index (χ3v) is 1.55. The number of carbonyl (C=O) groups excluding carboxylic acids is 1. The Bertz CT molecular complexity index is 450. The average molecular weight is 251 g/mol. The zero-order chi connectivity index (χ0) is 10.0. The van der Waals surface area contributed by atoms with Crippen LogP contribution in [0.3, 0.4) is 0 Å². The number of carbonyl (C=O) groups is 1. The number of nitrogens with zero attached hydrogens (tertiary/aromatic N) is 1. The van der Waals surface area contributed by atoms with E-state index < -0.39 is 28.3 Å². The molecule has 13 heavy (non-hydrogen) atoms. The first kappa shape index (κ1) is 9.85. The second-order valence-corrected chi connectivity index (χ2v) is 3.07. The SMILES string of the molecule is O=C(Br)Cn1c(=O)[nH]cc(F)c1=O. The Morgan fingerprint density at radius 2 is 2.23 bits per heavy atom. The van der Waals surface area contributed by atoms with Gasteiger partial charge in [0.15, 0.2) is 0 Å². The van der Waals surface area contributed by atoms with E-state index in [2.05, 4.69) is 15.9 Å². The summed E-state index contributed by atoms with van der Waals surface area (Å²) in [4.78, 5) is 34.3. The van der Waals surface area contributed by atoms with Crippen LogP contribution in [0.2, 0.25) is 0 Å². The lowest BCUT2D eigenvalue weighted by molar-refractivity contribution is -0.110. The minimum absolute atomic E-state index is 0.465. The highest BCUT2D eigenvalue weighted by Gasteiger charge is 2.08. The first-order chi connectivity index (χ1) is 6.02. The molecule has 1 N–H and O–H groups in total. The second kappa shape index (κ2) is 3.65. The van der Waals surface area contributed by atoms with E-state index in [0.717, 1.165) is 0 Å². The van der Waals surface area contributed by atoms with E-state index in [-0.39, 0.29) is 0 Å². The van der Waals surface area contributed by atoms with Gasteiger partial charge in [-0.05, 0) is 15.9 Å². The van der Waals surface area contributed by atoms with Crippen LogP contribution >= 0.6 is 15.9 Å². The maximum atomic E-state index is 12.6. The van der Waals surface area contributed by atoms with Gasteiger partial charge in [-0.3, -0.25) is 9.59 Å². The third kappa shape index (κ3) is 2.11. The molecule has 0 aliphatic heterocycles. The molecule has 0 saturated carbocycles. The van der Waals surface area contributed by atoms with Crippen molar-refractivity contribution in [2.75, 3.05) is 0 Å². The third-order valence-electron chi connectivity index (χ3n) is 1.30. The minimum atomic E-state index is -1.11. The highest BCUT2D eigenvalue weighted by atomic mass is 79.9. The predicted octanol–water partition coefficient (Wildman–Crippen LogP) is -0.403. The summed E-state index contributed by atoms with van der Waals surface area (Å²) >= 11 is 2.53. The van der Waals surface area contributed by atoms with Gasteiger partial charge < -0.3 is 4.98 Å². The molecule has 1 heterocycles. The van der Waals surface area contributed by atoms with Gasteiger partial charge in [0, 0.05) is 6.20 Å². The van der Waals surface area contributed by atoms with Crippen LogP contribution in [0.1, 0.15) is 0 Å². The molecule has 0 unspecified atom stereocenters. The number of aromatic amines is 1. The molecule has 0 atom stereocenters. The fraction of sp³-hybridized carbons (Fsp3) is 0.167. The summed E-state index contributed by atoms with van der Waals surface area (Å²) in [5.41, 5.74) is -1.93. The zero-order valence-corrected chi connectivity index (χ0v) is 7.80. The van der Waals surface area contributed by atoms with Crippen molar-refractivity contribution < 1.29 is 9.18 Å². The van der Waals surface area contributed by atoms with E-state index in [4.69, 9.17) is 0 Å². The number of hydrogen-bond acceptors (Lipinski definition) is 3. The van der Waals surface area contributed by atoms with E-state index in [9.17, 15) is 18.8 Å². The van der Waals surface area contributed by atoms with Crippen molar-refractivity contribution in [3.05, 3.63) is 32.9 Å². The summed E-state index contributed by atoms with van der Waals surface area (Å²) in [6, 6.07) is 0. The Morgan fingerprint density at radius 1 is 1.62 bits per heavy atom. The number of H-pyrrole nitrogens is 1. The van der Waals surface area contributed by atoms with Crippen molar-refractivity contribution in [3.63, 3.8) is 0 Å². The van der Waals surface area contributed by atoms with Crippen molar-refractivity contribution in [2.45, 2.75) is 6.54 Å². The standard InChI is InChI=1S/C6H4BrFN2O3/c7-4(11)2-10-5(12)3(8)1-9-6(10)13/h1H,2H2,(H,9,13). The van der Waals surface area contributed by atoms with Gasteiger partial charge in [-0.15, -0.1) is 0 Å². The summed E-state index contributed by atoms with van der Waals surface area (Å²) < 4.78 is 12.5. The molecule has 0 amide bonds. The lowest BCUT2D eigenvalue weighted by atomic mass is 10.5. The van der Waals surface area contributed by atoms with Crippen LogP contribution in [0.25, 0.3) is 0 Å². The molecule has 1 rings (SSSR count). The van der Waals surface area contributed by atoms with Crippen LogP contribution < -0.4 is 11.2 Å². The van der Waals surface area contributed by atoms with Gasteiger partial charge in [0.25, 0.3) is 5.56 Å². The molecule has 0 aliphatic rings. The second-order valence-electron chi connectivity index (χ2n) is 2.19. The van der Waals surface area contributed by atoms with Crippen molar-refractivity contribution >= 4 is 20.6 Å². The molecule has 5 nitrogen and oxygen atoms in total. The minimum Gasteiger partial charge on any atom is -0.311 e. The molecule has 0 saturated heterocycles. The summed E-state index contributed by atoms with van der Waals surface area (Å²) in [5.74, 6) is -1.10. The van der Waals surface area contributed by atoms with Gasteiger partial charge in [-0.25, -0.2) is 9.36 Å². The van der Waals surface area contributed by atoms with E-state index in [1.165, 1.54) is 0 Å². The fourth-order valence-electron chi connectivity index (χ4n) is 0.754. The highest BCUT2D eigenvalue weighted by molar-refractivity contribution is 9.18. The quantitative estimate of drug-likeness (QED) is 0.726. The monoisotopic (exact) mass is 250 g/mol. The van der Waals surface area contributed by atoms with Gasteiger partial charge in [-0.1, -0.05) is 0 Å². The van der Waals surface area contributed by atoms with Crippen molar-refractivity contribution in [3.8, 4) is 0 Å². The molecule has 0 aromatic carbocycles. The number of nitrogens with one attached hydrogen (secondary N) is 1. The van der Waals surface area contributed by atoms with Gasteiger partial charge in [0.1, 0.15) is 6.54 Å². The lowest BCUT2D eigenvalue weighted by Crippen LogP contribution is -2.37. The maximum absolute atomic E-state index is 12.6. The largest absolute Gasteiger partial charge is 0.328 e. The van der Waals surface area contributed by atoms with Gasteiger partial charge in [0.05, 0.1) is 0 Å². The smallest absolute Gasteiger partial charge is 0.311 e. The van der Waals surface area contributed by atoms with Gasteiger partial charge in [-0.2, -0.15) is 4.39 Å². The van der Waals surface area contributed by atoms with E-state index in [1.807, 2.05) is 4.98 Å². The fourth-order valence-corrected chi connectivity index (χ4v) is 1.00. The van der Waals surface area contributed by atoms with E-state index in [1.54, 1.807) is 0 Å². The number of hydrogen-bond donors (Lipinski definition) is 1. The predicted molar refractivity (Wildman–Crippen MR) is 45.2 cm³/mol. The first-order valence-electron chi connectivity index (χ1n) is 3.18. The topological polar surface area (TPSA) is 71.9 Å². The summed E-state index contributed by atoms with van der Waals surface area (Å²) in [7, 11) is 0. The zero-order valence-electron chi connectivity index (χ0n) is 6.21. The van der Waals surface area contributed by atoms with Crippen molar-refractivity contribution in [1.29, 1.82) is 0 Å². The first-order valence-corrected chi connectivity index (χ1v) is 3.98. The Balaban J connectivity index is 3.35. The summed E-state index contributed by atoms with van der Waals surface area (Å²) in [6.45, 7) is -0.494. The van der Waals surface area contributed by atoms with Crippen LogP contribution in [-0.2, 0) is 11.3 Å². The Morgan fingerprint density at radius 3 is 2.77 bits per heavy atom. The summed E-state index contributed by atoms with van der Waals surface area (Å²) in [5, 5.41) is 0. The van der Waals surface area contributed by atoms with E-state index in [0.29, 0.717) is 10.8 Å². The molecule has 7 heteroatoms. The van der Waals surface area contributed by atoms with Crippen LogP contribution in [0.15, 0.2) is 15.8 Å². The number of rotatable bonds is 2. The van der Waals surface area contributed by atoms with Gasteiger partial charge in [0.2, 0.25) is 10.5 Å². The lowest BCUT2D eigenvalue weighted by Gasteiger charge is -1.98. The highest BCUT2D eigenvalue weighted by Crippen LogP contribution is 1.87. The Hall–Kier alpha value is -1.24. The van der Waals surface area contributed by atoms with Crippen molar-refractivity contribution in [1.82, 2.24) is 9.55 Å². The van der Waals surface area contributed by atoms with Crippen LogP contribution in [0, 0.1) is 5.82 Å².